The summed E-state index contributed by atoms with van der Waals surface area (Å²) in [5.41, 5.74) is 3.76. The van der Waals surface area contributed by atoms with E-state index in [4.69, 9.17) is 4.74 Å². The number of piperidine rings is 2. The smallest absolute Gasteiger partial charge is 0.118 e. The quantitative estimate of drug-likeness (QED) is 0.799. The van der Waals surface area contributed by atoms with Crippen LogP contribution in [0.3, 0.4) is 0 Å². The highest BCUT2D eigenvalue weighted by atomic mass is 35.5. The molecule has 0 radical (unpaired) electrons. The molecule has 0 aromatic heterocycles. The molecule has 5 rings (SSSR count). The maximum Gasteiger partial charge on any atom is 0.118 e. The Morgan fingerprint density at radius 2 is 1.62 bits per heavy atom. The van der Waals surface area contributed by atoms with Crippen LogP contribution in [0, 0.1) is 5.41 Å². The molecule has 3 heteroatoms. The first-order valence-corrected chi connectivity index (χ1v) is 8.52. The van der Waals surface area contributed by atoms with E-state index in [9.17, 15) is 0 Å². The summed E-state index contributed by atoms with van der Waals surface area (Å²) >= 11 is 0. The van der Waals surface area contributed by atoms with Crippen molar-refractivity contribution in [1.29, 1.82) is 0 Å². The van der Waals surface area contributed by atoms with Gasteiger partial charge in [-0.15, -0.1) is 12.4 Å². The Morgan fingerprint density at radius 1 is 0.958 bits per heavy atom. The van der Waals surface area contributed by atoms with E-state index in [0.29, 0.717) is 10.8 Å². The zero-order valence-corrected chi connectivity index (χ0v) is 15.3. The van der Waals surface area contributed by atoms with E-state index in [1.54, 1.807) is 7.11 Å². The second kappa shape index (κ2) is 6.42. The third-order valence-electron chi connectivity index (χ3n) is 5.61. The molecule has 2 bridgehead atoms. The largest absolute Gasteiger partial charge is 0.497 e. The summed E-state index contributed by atoms with van der Waals surface area (Å²) in [4.78, 5) is 2.64. The molecule has 2 aromatic carbocycles. The number of halogens is 1. The number of methoxy groups -OCH3 is 1. The third kappa shape index (κ3) is 3.05. The fourth-order valence-corrected chi connectivity index (χ4v) is 5.02. The molecule has 3 aliphatic rings. The molecule has 2 aliphatic heterocycles. The molecule has 2 nitrogen and oxygen atoms in total. The molecule has 128 valence electrons. The third-order valence-corrected chi connectivity index (χ3v) is 5.61. The van der Waals surface area contributed by atoms with Crippen LogP contribution in [-0.4, -0.2) is 25.1 Å². The molecule has 0 N–H and O–H groups in total. The van der Waals surface area contributed by atoms with Crippen LogP contribution in [0.25, 0.3) is 0 Å². The lowest BCUT2D eigenvalue weighted by Crippen LogP contribution is -2.63. The van der Waals surface area contributed by atoms with Crippen LogP contribution in [-0.2, 0) is 12.0 Å². The normalized spacial score (nSPS) is 28.6. The molecule has 3 fully saturated rings. The zero-order valence-electron chi connectivity index (χ0n) is 14.5. The van der Waals surface area contributed by atoms with E-state index in [2.05, 4.69) is 66.4 Å². The van der Waals surface area contributed by atoms with E-state index in [-0.39, 0.29) is 12.4 Å². The minimum Gasteiger partial charge on any atom is -0.497 e. The topological polar surface area (TPSA) is 12.5 Å². The van der Waals surface area contributed by atoms with Gasteiger partial charge < -0.3 is 4.74 Å². The Hall–Kier alpha value is -1.51. The van der Waals surface area contributed by atoms with Crippen molar-refractivity contribution in [3.63, 3.8) is 0 Å². The molecular formula is C21H26ClNO. The molecular weight excluding hydrogens is 318 g/mol. The van der Waals surface area contributed by atoms with E-state index in [1.165, 1.54) is 37.1 Å². The van der Waals surface area contributed by atoms with E-state index in [1.807, 2.05) is 0 Å². The second-order valence-electron chi connectivity index (χ2n) is 7.80. The van der Waals surface area contributed by atoms with Crippen LogP contribution in [0.4, 0.5) is 0 Å². The summed E-state index contributed by atoms with van der Waals surface area (Å²) in [7, 11) is 1.72. The van der Waals surface area contributed by atoms with Crippen molar-refractivity contribution in [2.75, 3.05) is 20.2 Å². The SMILES string of the molecule is COc1ccc(CN2CC3(C)CC(c4ccccc4)(C2)C3)cc1.Cl. The lowest BCUT2D eigenvalue weighted by atomic mass is 9.48. The Balaban J connectivity index is 0.00000169. The average molecular weight is 344 g/mol. The first kappa shape index (κ1) is 17.3. The summed E-state index contributed by atoms with van der Waals surface area (Å²) in [5, 5.41) is 0. The van der Waals surface area contributed by atoms with Gasteiger partial charge in [0.1, 0.15) is 5.75 Å². The van der Waals surface area contributed by atoms with Gasteiger partial charge in [0.05, 0.1) is 7.11 Å². The summed E-state index contributed by atoms with van der Waals surface area (Å²) in [6.07, 6.45) is 2.67. The van der Waals surface area contributed by atoms with Gasteiger partial charge in [0.25, 0.3) is 0 Å². The summed E-state index contributed by atoms with van der Waals surface area (Å²) in [6.45, 7) is 5.88. The van der Waals surface area contributed by atoms with E-state index in [0.717, 1.165) is 12.3 Å². The molecule has 24 heavy (non-hydrogen) atoms. The lowest BCUT2D eigenvalue weighted by molar-refractivity contribution is -0.0777. The van der Waals surface area contributed by atoms with Gasteiger partial charge in [0, 0.05) is 25.0 Å². The number of benzene rings is 2. The Morgan fingerprint density at radius 3 is 2.25 bits per heavy atom. The maximum atomic E-state index is 5.26. The second-order valence-corrected chi connectivity index (χ2v) is 7.80. The van der Waals surface area contributed by atoms with Crippen LogP contribution in [0.2, 0.25) is 0 Å². The Bertz CT molecular complexity index is 677. The van der Waals surface area contributed by atoms with Crippen LogP contribution >= 0.6 is 12.4 Å². The van der Waals surface area contributed by atoms with Crippen molar-refractivity contribution in [1.82, 2.24) is 4.90 Å². The van der Waals surface area contributed by atoms with Gasteiger partial charge in [-0.3, -0.25) is 4.90 Å². The fraction of sp³-hybridized carbons (Fsp3) is 0.429. The highest BCUT2D eigenvalue weighted by molar-refractivity contribution is 5.85. The average Bonchev–Trinajstić information content (AvgIpc) is 2.55. The van der Waals surface area contributed by atoms with Crippen molar-refractivity contribution >= 4 is 12.4 Å². The molecule has 2 aromatic rings. The fourth-order valence-electron chi connectivity index (χ4n) is 5.02. The summed E-state index contributed by atoms with van der Waals surface area (Å²) < 4.78 is 5.26. The monoisotopic (exact) mass is 343 g/mol. The highest BCUT2D eigenvalue weighted by Crippen LogP contribution is 2.59. The lowest BCUT2D eigenvalue weighted by Gasteiger charge is -2.63. The first-order valence-electron chi connectivity index (χ1n) is 8.52. The van der Waals surface area contributed by atoms with E-state index < -0.39 is 0 Å². The summed E-state index contributed by atoms with van der Waals surface area (Å²) in [5.74, 6) is 0.933. The van der Waals surface area contributed by atoms with Crippen molar-refractivity contribution in [3.05, 3.63) is 65.7 Å². The Kier molecular flexibility index (Phi) is 4.63. The number of fused-ring (bicyclic) bond motifs is 2. The maximum absolute atomic E-state index is 5.26. The molecule has 2 heterocycles. The number of nitrogens with zero attached hydrogens (tertiary/aromatic N) is 1. The molecule has 0 amide bonds. The van der Waals surface area contributed by atoms with E-state index >= 15 is 0 Å². The number of rotatable bonds is 4. The molecule has 2 saturated heterocycles. The van der Waals surface area contributed by atoms with Crippen LogP contribution in [0.15, 0.2) is 54.6 Å². The van der Waals surface area contributed by atoms with Gasteiger partial charge in [-0.2, -0.15) is 0 Å². The van der Waals surface area contributed by atoms with Crippen LogP contribution in [0.5, 0.6) is 5.75 Å². The zero-order chi connectivity index (χ0) is 15.9. The number of hydrogen-bond donors (Lipinski definition) is 0. The number of ether oxygens (including phenoxy) is 1. The van der Waals surface area contributed by atoms with Gasteiger partial charge >= 0.3 is 0 Å². The van der Waals surface area contributed by atoms with Crippen LogP contribution in [0.1, 0.15) is 30.9 Å². The summed E-state index contributed by atoms with van der Waals surface area (Å²) in [6, 6.07) is 19.6. The van der Waals surface area contributed by atoms with Gasteiger partial charge in [-0.1, -0.05) is 49.4 Å². The van der Waals surface area contributed by atoms with Gasteiger partial charge in [0.2, 0.25) is 0 Å². The van der Waals surface area contributed by atoms with Crippen molar-refractivity contribution in [3.8, 4) is 5.75 Å². The van der Waals surface area contributed by atoms with Crippen molar-refractivity contribution in [2.45, 2.75) is 31.7 Å². The van der Waals surface area contributed by atoms with Gasteiger partial charge in [-0.05, 0) is 41.5 Å². The van der Waals surface area contributed by atoms with Crippen LogP contribution < -0.4 is 4.74 Å². The predicted molar refractivity (Wildman–Crippen MR) is 101 cm³/mol. The predicted octanol–water partition coefficient (Wildman–Crippen LogP) is 4.67. The molecule has 1 aliphatic carbocycles. The standard InChI is InChI=1S/C21H25NO.ClH/c1-20-13-21(14-20,18-6-4-3-5-7-18)16-22(15-20)12-17-8-10-19(23-2)11-9-17;/h3-11H,12-16H2,1-2H3;1H. The Labute approximate surface area is 151 Å². The minimum absolute atomic E-state index is 0. The molecule has 0 spiro atoms. The molecule has 0 unspecified atom stereocenters. The highest BCUT2D eigenvalue weighted by Gasteiger charge is 2.57. The van der Waals surface area contributed by atoms with Crippen molar-refractivity contribution < 1.29 is 4.74 Å². The first-order chi connectivity index (χ1) is 11.1. The van der Waals surface area contributed by atoms with Gasteiger partial charge in [-0.25, -0.2) is 0 Å². The van der Waals surface area contributed by atoms with Crippen molar-refractivity contribution in [2.24, 2.45) is 5.41 Å². The molecule has 0 atom stereocenters. The van der Waals surface area contributed by atoms with Gasteiger partial charge in [0.15, 0.2) is 0 Å². The molecule has 1 saturated carbocycles. The number of hydrogen-bond acceptors (Lipinski definition) is 2. The minimum atomic E-state index is 0.